The zero-order chi connectivity index (χ0) is 27.1. The fourth-order valence-corrected chi connectivity index (χ4v) is 4.63. The van der Waals surface area contributed by atoms with E-state index < -0.39 is 0 Å². The number of aromatic nitrogens is 2. The van der Waals surface area contributed by atoms with Crippen LogP contribution in [-0.4, -0.2) is 23.0 Å². The number of allylic oxidation sites excluding steroid dienone is 1. The Balaban J connectivity index is 1.73. The predicted octanol–water partition coefficient (Wildman–Crippen LogP) is 7.35. The number of ether oxygens (including phenoxy) is 2. The zero-order valence-corrected chi connectivity index (χ0v) is 23.8. The number of rotatable bonds is 11. The summed E-state index contributed by atoms with van der Waals surface area (Å²) in [5.74, 6) is 1.79. The van der Waals surface area contributed by atoms with Crippen LogP contribution >= 0.6 is 27.5 Å². The lowest BCUT2D eigenvalue weighted by molar-refractivity contribution is 0.282. The third kappa shape index (κ3) is 6.34. The number of methoxy groups -OCH3 is 1. The Morgan fingerprint density at radius 1 is 1.16 bits per heavy atom. The second-order valence-electron chi connectivity index (χ2n) is 8.74. The molecule has 0 atom stereocenters. The van der Waals surface area contributed by atoms with E-state index in [-0.39, 0.29) is 5.56 Å². The first-order valence-electron chi connectivity index (χ1n) is 12.4. The summed E-state index contributed by atoms with van der Waals surface area (Å²) in [6.45, 7) is 6.28. The van der Waals surface area contributed by atoms with E-state index in [0.717, 1.165) is 34.0 Å². The number of fused-ring (bicyclic) bond motifs is 1. The molecule has 0 radical (unpaired) electrons. The molecule has 4 rings (SSSR count). The molecule has 0 spiro atoms. The molecule has 0 unspecified atom stereocenters. The van der Waals surface area contributed by atoms with Crippen LogP contribution < -0.4 is 15.0 Å². The third-order valence-corrected chi connectivity index (χ3v) is 6.88. The van der Waals surface area contributed by atoms with Crippen LogP contribution in [0, 0.1) is 0 Å². The van der Waals surface area contributed by atoms with Gasteiger partial charge in [-0.1, -0.05) is 65.2 Å². The highest BCUT2D eigenvalue weighted by molar-refractivity contribution is 9.10. The normalized spacial score (nSPS) is 11.3. The summed E-state index contributed by atoms with van der Waals surface area (Å²) in [6.07, 6.45) is 6.54. The van der Waals surface area contributed by atoms with Gasteiger partial charge in [0.1, 0.15) is 12.4 Å². The van der Waals surface area contributed by atoms with Crippen molar-refractivity contribution in [1.29, 1.82) is 0 Å². The molecule has 4 aromatic rings. The Labute approximate surface area is 235 Å². The highest BCUT2D eigenvalue weighted by Gasteiger charge is 2.15. The quantitative estimate of drug-likeness (QED) is 0.134. The van der Waals surface area contributed by atoms with E-state index in [0.29, 0.717) is 52.7 Å². The molecule has 0 aliphatic rings. The first-order chi connectivity index (χ1) is 18.4. The van der Waals surface area contributed by atoms with Crippen molar-refractivity contribution in [3.05, 3.63) is 110 Å². The van der Waals surface area contributed by atoms with Crippen molar-refractivity contribution in [3.63, 3.8) is 0 Å². The lowest BCUT2D eigenvalue weighted by atomic mass is 10.1. The molecule has 3 aromatic carbocycles. The van der Waals surface area contributed by atoms with Gasteiger partial charge in [-0.05, 0) is 54.8 Å². The number of halogens is 2. The highest BCUT2D eigenvalue weighted by Crippen LogP contribution is 2.34. The average molecular weight is 595 g/mol. The van der Waals surface area contributed by atoms with E-state index in [9.17, 15) is 4.79 Å². The van der Waals surface area contributed by atoms with Gasteiger partial charge in [-0.15, -0.1) is 6.58 Å². The minimum absolute atomic E-state index is 0.211. The Bertz CT molecular complexity index is 1550. The van der Waals surface area contributed by atoms with Crippen molar-refractivity contribution in [2.75, 3.05) is 7.11 Å². The standard InChI is InChI=1S/C30H29BrClN3O3/c1-4-6-12-28-34-26-14-13-23(31)17-24(26)30(36)35(28)33-18-20-15-21(9-5-2)29(27(16-20)37-3)38-19-22-10-7-8-11-25(22)32/h5,7-8,10-11,13-18H,2,4,6,9,12,19H2,1,3H3. The molecule has 0 aliphatic carbocycles. The molecule has 1 aromatic heterocycles. The van der Waals surface area contributed by atoms with E-state index in [1.165, 1.54) is 4.68 Å². The first kappa shape index (κ1) is 27.6. The molecule has 0 amide bonds. The zero-order valence-electron chi connectivity index (χ0n) is 21.4. The monoisotopic (exact) mass is 593 g/mol. The van der Waals surface area contributed by atoms with Crippen molar-refractivity contribution in [2.24, 2.45) is 5.10 Å². The van der Waals surface area contributed by atoms with Gasteiger partial charge >= 0.3 is 0 Å². The summed E-state index contributed by atoms with van der Waals surface area (Å²) >= 11 is 9.76. The summed E-state index contributed by atoms with van der Waals surface area (Å²) < 4.78 is 14.0. The smallest absolute Gasteiger partial charge is 0.282 e. The largest absolute Gasteiger partial charge is 0.493 e. The van der Waals surface area contributed by atoms with E-state index >= 15 is 0 Å². The van der Waals surface area contributed by atoms with Gasteiger partial charge in [0, 0.05) is 27.0 Å². The minimum atomic E-state index is -0.211. The molecule has 0 bridgehead atoms. The van der Waals surface area contributed by atoms with Gasteiger partial charge in [0.2, 0.25) is 0 Å². The summed E-state index contributed by atoms with van der Waals surface area (Å²) in [4.78, 5) is 18.1. The van der Waals surface area contributed by atoms with Crippen molar-refractivity contribution in [1.82, 2.24) is 9.66 Å². The molecule has 0 saturated carbocycles. The maximum atomic E-state index is 13.4. The number of unbranched alkanes of at least 4 members (excludes halogenated alkanes) is 1. The molecule has 8 heteroatoms. The van der Waals surface area contributed by atoms with Crippen LogP contribution in [0.2, 0.25) is 5.02 Å². The van der Waals surface area contributed by atoms with Crippen LogP contribution in [0.5, 0.6) is 11.5 Å². The van der Waals surface area contributed by atoms with Gasteiger partial charge in [0.25, 0.3) is 5.56 Å². The van der Waals surface area contributed by atoms with Gasteiger partial charge in [-0.2, -0.15) is 9.78 Å². The van der Waals surface area contributed by atoms with Gasteiger partial charge in [-0.3, -0.25) is 4.79 Å². The Morgan fingerprint density at radius 3 is 2.71 bits per heavy atom. The molecule has 6 nitrogen and oxygen atoms in total. The van der Waals surface area contributed by atoms with Gasteiger partial charge in [0.05, 0.1) is 24.2 Å². The van der Waals surface area contributed by atoms with Gasteiger partial charge in [-0.25, -0.2) is 4.98 Å². The number of nitrogens with zero attached hydrogens (tertiary/aromatic N) is 3. The van der Waals surface area contributed by atoms with Crippen LogP contribution in [-0.2, 0) is 19.4 Å². The van der Waals surface area contributed by atoms with E-state index in [2.05, 4.69) is 34.5 Å². The maximum Gasteiger partial charge on any atom is 0.282 e. The van der Waals surface area contributed by atoms with Crippen molar-refractivity contribution >= 4 is 44.6 Å². The van der Waals surface area contributed by atoms with E-state index in [1.54, 1.807) is 25.5 Å². The second kappa shape index (κ2) is 12.9. The van der Waals surface area contributed by atoms with Crippen LogP contribution in [0.25, 0.3) is 10.9 Å². The van der Waals surface area contributed by atoms with Crippen molar-refractivity contribution in [2.45, 2.75) is 39.2 Å². The molecular formula is C30H29BrClN3O3. The molecule has 196 valence electrons. The fourth-order valence-electron chi connectivity index (χ4n) is 4.08. The number of hydrogen-bond acceptors (Lipinski definition) is 5. The Morgan fingerprint density at radius 2 is 1.97 bits per heavy atom. The Kier molecular flexibility index (Phi) is 9.37. The second-order valence-corrected chi connectivity index (χ2v) is 10.1. The molecule has 0 fully saturated rings. The summed E-state index contributed by atoms with van der Waals surface area (Å²) in [5, 5.41) is 5.73. The summed E-state index contributed by atoms with van der Waals surface area (Å²) in [7, 11) is 1.59. The molecular weight excluding hydrogens is 566 g/mol. The molecule has 38 heavy (non-hydrogen) atoms. The fraction of sp³-hybridized carbons (Fsp3) is 0.233. The van der Waals surface area contributed by atoms with Crippen LogP contribution in [0.3, 0.4) is 0 Å². The number of hydrogen-bond donors (Lipinski definition) is 0. The van der Waals surface area contributed by atoms with E-state index in [1.807, 2.05) is 48.5 Å². The van der Waals surface area contributed by atoms with Crippen LogP contribution in [0.15, 0.2) is 81.6 Å². The predicted molar refractivity (Wildman–Crippen MR) is 158 cm³/mol. The topological polar surface area (TPSA) is 65.7 Å². The molecule has 0 N–H and O–H groups in total. The minimum Gasteiger partial charge on any atom is -0.493 e. The molecule has 0 aliphatic heterocycles. The number of benzene rings is 3. The number of aryl methyl sites for hydroxylation is 1. The maximum absolute atomic E-state index is 13.4. The highest BCUT2D eigenvalue weighted by atomic mass is 79.9. The van der Waals surface area contributed by atoms with Crippen molar-refractivity contribution in [3.8, 4) is 11.5 Å². The van der Waals surface area contributed by atoms with Crippen LogP contribution in [0.4, 0.5) is 0 Å². The average Bonchev–Trinajstić information content (AvgIpc) is 2.92. The lowest BCUT2D eigenvalue weighted by Gasteiger charge is -2.16. The molecule has 0 saturated heterocycles. The summed E-state index contributed by atoms with van der Waals surface area (Å²) in [6, 6.07) is 16.8. The van der Waals surface area contributed by atoms with Gasteiger partial charge in [0.15, 0.2) is 11.5 Å². The van der Waals surface area contributed by atoms with Crippen molar-refractivity contribution < 1.29 is 9.47 Å². The Hall–Kier alpha value is -3.42. The lowest BCUT2D eigenvalue weighted by Crippen LogP contribution is -2.22. The van der Waals surface area contributed by atoms with E-state index in [4.69, 9.17) is 26.1 Å². The van der Waals surface area contributed by atoms with Gasteiger partial charge < -0.3 is 9.47 Å². The third-order valence-electron chi connectivity index (χ3n) is 6.02. The first-order valence-corrected chi connectivity index (χ1v) is 13.6. The molecule has 1 heterocycles. The summed E-state index contributed by atoms with van der Waals surface area (Å²) in [5.41, 5.74) is 2.96. The SMILES string of the molecule is C=CCc1cc(C=Nn2c(CCCC)nc3ccc(Br)cc3c2=O)cc(OC)c1OCc1ccccc1Cl. The van der Waals surface area contributed by atoms with Crippen LogP contribution in [0.1, 0.15) is 42.3 Å².